The first-order chi connectivity index (χ1) is 6.74. The van der Waals surface area contributed by atoms with Gasteiger partial charge in [-0.25, -0.2) is 0 Å². The molecule has 0 saturated carbocycles. The van der Waals surface area contributed by atoms with Crippen LogP contribution in [0.25, 0.3) is 0 Å². The summed E-state index contributed by atoms with van der Waals surface area (Å²) >= 11 is 0. The van der Waals surface area contributed by atoms with E-state index in [1.807, 2.05) is 6.07 Å². The molecule has 0 atom stereocenters. The molecule has 0 fully saturated rings. The van der Waals surface area contributed by atoms with Crippen molar-refractivity contribution in [2.24, 2.45) is 0 Å². The largest absolute Gasteiger partial charge is 0.359 e. The molecule has 1 aliphatic heterocycles. The standard InChI is InChI=1S/C10H6N4/c1-7-2-3-14-10(9(7)6-13)8(4-11)5-12/h2-3,14H,1H3. The first-order valence-electron chi connectivity index (χ1n) is 3.83. The smallest absolute Gasteiger partial charge is 0.154 e. The van der Waals surface area contributed by atoms with Gasteiger partial charge in [-0.05, 0) is 18.6 Å². The Labute approximate surface area is 81.7 Å². The fraction of sp³-hybridized carbons (Fsp3) is 0.100. The highest BCUT2D eigenvalue weighted by Crippen LogP contribution is 2.19. The number of allylic oxidation sites excluding steroid dienone is 4. The van der Waals surface area contributed by atoms with Gasteiger partial charge in [-0.3, -0.25) is 0 Å². The summed E-state index contributed by atoms with van der Waals surface area (Å²) in [5.74, 6) is 0. The van der Waals surface area contributed by atoms with Crippen LogP contribution in [0.3, 0.4) is 0 Å². The molecule has 0 saturated heterocycles. The predicted molar refractivity (Wildman–Crippen MR) is 48.8 cm³/mol. The molecule has 0 aromatic rings. The Bertz CT molecular complexity index is 456. The Morgan fingerprint density at radius 2 is 1.93 bits per heavy atom. The highest BCUT2D eigenvalue weighted by Gasteiger charge is 2.15. The monoisotopic (exact) mass is 182 g/mol. The van der Waals surface area contributed by atoms with E-state index in [1.54, 1.807) is 31.3 Å². The van der Waals surface area contributed by atoms with Crippen LogP contribution in [-0.2, 0) is 0 Å². The van der Waals surface area contributed by atoms with Crippen molar-refractivity contribution in [2.45, 2.75) is 6.92 Å². The quantitative estimate of drug-likeness (QED) is 0.571. The van der Waals surface area contributed by atoms with E-state index >= 15 is 0 Å². The summed E-state index contributed by atoms with van der Waals surface area (Å²) in [6, 6.07) is 5.44. The molecule has 0 spiro atoms. The molecule has 0 aliphatic carbocycles. The predicted octanol–water partition coefficient (Wildman–Crippen LogP) is 1.24. The Morgan fingerprint density at radius 1 is 1.29 bits per heavy atom. The first-order valence-corrected chi connectivity index (χ1v) is 3.83. The zero-order valence-electron chi connectivity index (χ0n) is 7.50. The number of dihydropyridines is 1. The fourth-order valence-corrected chi connectivity index (χ4v) is 1.08. The lowest BCUT2D eigenvalue weighted by molar-refractivity contribution is 1.04. The minimum Gasteiger partial charge on any atom is -0.359 e. The maximum Gasteiger partial charge on any atom is 0.154 e. The van der Waals surface area contributed by atoms with E-state index in [1.165, 1.54) is 0 Å². The maximum absolute atomic E-state index is 8.84. The lowest BCUT2D eigenvalue weighted by Gasteiger charge is -2.12. The van der Waals surface area contributed by atoms with Gasteiger partial charge in [-0.2, -0.15) is 15.8 Å². The van der Waals surface area contributed by atoms with E-state index in [-0.39, 0.29) is 11.3 Å². The number of nitriles is 3. The van der Waals surface area contributed by atoms with Crippen molar-refractivity contribution < 1.29 is 0 Å². The van der Waals surface area contributed by atoms with Crippen molar-refractivity contribution in [1.82, 2.24) is 5.32 Å². The second kappa shape index (κ2) is 3.94. The van der Waals surface area contributed by atoms with Crippen LogP contribution in [0.5, 0.6) is 0 Å². The third-order valence-electron chi connectivity index (χ3n) is 1.79. The van der Waals surface area contributed by atoms with Crippen molar-refractivity contribution in [1.29, 1.82) is 15.8 Å². The first kappa shape index (κ1) is 9.58. The van der Waals surface area contributed by atoms with E-state index in [2.05, 4.69) is 5.32 Å². The fourth-order valence-electron chi connectivity index (χ4n) is 1.08. The second-order valence-electron chi connectivity index (χ2n) is 2.62. The van der Waals surface area contributed by atoms with Crippen LogP contribution in [0.1, 0.15) is 6.92 Å². The molecule has 1 aliphatic rings. The van der Waals surface area contributed by atoms with E-state index in [0.717, 1.165) is 5.57 Å². The summed E-state index contributed by atoms with van der Waals surface area (Å²) in [6.45, 7) is 1.75. The van der Waals surface area contributed by atoms with Gasteiger partial charge in [0.25, 0.3) is 0 Å². The van der Waals surface area contributed by atoms with Crippen molar-refractivity contribution in [3.63, 3.8) is 0 Å². The van der Waals surface area contributed by atoms with Crippen molar-refractivity contribution in [3.05, 3.63) is 34.7 Å². The number of hydrogen-bond donors (Lipinski definition) is 1. The van der Waals surface area contributed by atoms with Crippen molar-refractivity contribution in [3.8, 4) is 18.2 Å². The summed E-state index contributed by atoms with van der Waals surface area (Å²) in [7, 11) is 0. The van der Waals surface area contributed by atoms with Gasteiger partial charge in [0.05, 0.1) is 11.3 Å². The van der Waals surface area contributed by atoms with Gasteiger partial charge in [0.1, 0.15) is 18.2 Å². The van der Waals surface area contributed by atoms with Gasteiger partial charge in [-0.1, -0.05) is 0 Å². The van der Waals surface area contributed by atoms with Crippen molar-refractivity contribution >= 4 is 0 Å². The summed E-state index contributed by atoms with van der Waals surface area (Å²) < 4.78 is 0. The lowest BCUT2D eigenvalue weighted by atomic mass is 10.0. The van der Waals surface area contributed by atoms with E-state index < -0.39 is 0 Å². The zero-order chi connectivity index (χ0) is 10.6. The molecule has 1 heterocycles. The molecule has 4 heteroatoms. The molecule has 14 heavy (non-hydrogen) atoms. The van der Waals surface area contributed by atoms with Crippen molar-refractivity contribution in [2.75, 3.05) is 0 Å². The molecule has 0 radical (unpaired) electrons. The van der Waals surface area contributed by atoms with Gasteiger partial charge in [0.15, 0.2) is 5.57 Å². The molecular weight excluding hydrogens is 176 g/mol. The van der Waals surface area contributed by atoms with Crippen LogP contribution in [0.2, 0.25) is 0 Å². The number of nitrogens with zero attached hydrogens (tertiary/aromatic N) is 3. The highest BCUT2D eigenvalue weighted by atomic mass is 14.9. The molecule has 0 unspecified atom stereocenters. The maximum atomic E-state index is 8.84. The number of rotatable bonds is 0. The highest BCUT2D eigenvalue weighted by molar-refractivity contribution is 5.58. The Hall–Kier alpha value is -2.51. The van der Waals surface area contributed by atoms with Gasteiger partial charge in [-0.15, -0.1) is 0 Å². The minimum atomic E-state index is -0.0785. The van der Waals surface area contributed by atoms with Gasteiger partial charge in [0, 0.05) is 6.20 Å². The van der Waals surface area contributed by atoms with Crippen LogP contribution >= 0.6 is 0 Å². The van der Waals surface area contributed by atoms with Crippen LogP contribution in [0.4, 0.5) is 0 Å². The van der Waals surface area contributed by atoms with Gasteiger partial charge >= 0.3 is 0 Å². The van der Waals surface area contributed by atoms with Crippen LogP contribution < -0.4 is 5.32 Å². The summed E-state index contributed by atoms with van der Waals surface area (Å²) in [5.41, 5.74) is 1.29. The number of hydrogen-bond acceptors (Lipinski definition) is 4. The molecule has 4 nitrogen and oxygen atoms in total. The SMILES string of the molecule is CC1=C(C#N)C(=C(C#N)C#N)NC=C1. The molecule has 66 valence electrons. The van der Waals surface area contributed by atoms with E-state index in [4.69, 9.17) is 15.8 Å². The third kappa shape index (κ3) is 1.48. The molecule has 0 aromatic carbocycles. The Morgan fingerprint density at radius 3 is 2.43 bits per heavy atom. The van der Waals surface area contributed by atoms with Gasteiger partial charge in [0.2, 0.25) is 0 Å². The normalized spacial score (nSPS) is 13.7. The molecule has 1 N–H and O–H groups in total. The van der Waals surface area contributed by atoms with Crippen LogP contribution in [0, 0.1) is 34.0 Å². The average Bonchev–Trinajstić information content (AvgIpc) is 2.20. The second-order valence-corrected chi connectivity index (χ2v) is 2.62. The average molecular weight is 182 g/mol. The summed E-state index contributed by atoms with van der Waals surface area (Å²) in [4.78, 5) is 0. The Kier molecular flexibility index (Phi) is 2.69. The Balaban J connectivity index is 3.40. The number of nitrogens with one attached hydrogen (secondary N) is 1. The lowest BCUT2D eigenvalue weighted by Crippen LogP contribution is -2.14. The molecule has 0 aromatic heterocycles. The summed E-state index contributed by atoms with van der Waals surface area (Å²) in [5, 5.41) is 28.9. The van der Waals surface area contributed by atoms with E-state index in [9.17, 15) is 0 Å². The van der Waals surface area contributed by atoms with Crippen LogP contribution in [0.15, 0.2) is 34.7 Å². The third-order valence-corrected chi connectivity index (χ3v) is 1.79. The van der Waals surface area contributed by atoms with Crippen LogP contribution in [-0.4, -0.2) is 0 Å². The molecule has 0 bridgehead atoms. The van der Waals surface area contributed by atoms with Gasteiger partial charge < -0.3 is 5.32 Å². The molecule has 0 amide bonds. The zero-order valence-corrected chi connectivity index (χ0v) is 7.50. The van der Waals surface area contributed by atoms with E-state index in [0.29, 0.717) is 5.57 Å². The topological polar surface area (TPSA) is 83.4 Å². The summed E-state index contributed by atoms with van der Waals surface area (Å²) in [6.07, 6.45) is 3.31. The molecule has 1 rings (SSSR count). The molecular formula is C10H6N4. The minimum absolute atomic E-state index is 0.0785.